The van der Waals surface area contributed by atoms with E-state index < -0.39 is 0 Å². The Kier molecular flexibility index (Phi) is 5.16. The molecule has 0 aliphatic carbocycles. The van der Waals surface area contributed by atoms with Gasteiger partial charge in [0.05, 0.1) is 26.5 Å². The summed E-state index contributed by atoms with van der Waals surface area (Å²) < 4.78 is 9.81. The molecule has 0 saturated carbocycles. The first-order chi connectivity index (χ1) is 8.60. The Morgan fingerprint density at radius 2 is 2.28 bits per heavy atom. The van der Waals surface area contributed by atoms with E-state index in [0.717, 1.165) is 0 Å². The monoisotopic (exact) mass is 255 g/mol. The molecule has 0 bridgehead atoms. The highest BCUT2D eigenvalue weighted by Crippen LogP contribution is 2.18. The molecule has 0 aliphatic rings. The molecule has 0 saturated heterocycles. The van der Waals surface area contributed by atoms with E-state index in [-0.39, 0.29) is 23.7 Å². The first-order valence-electron chi connectivity index (χ1n) is 5.58. The number of aromatic nitrogens is 2. The summed E-state index contributed by atoms with van der Waals surface area (Å²) in [6.45, 7) is 2.50. The van der Waals surface area contributed by atoms with Crippen molar-refractivity contribution >= 4 is 11.8 Å². The summed E-state index contributed by atoms with van der Waals surface area (Å²) in [5.41, 5.74) is -0.356. The zero-order valence-corrected chi connectivity index (χ0v) is 10.7. The van der Waals surface area contributed by atoms with Crippen LogP contribution in [0.4, 0.5) is 5.82 Å². The van der Waals surface area contributed by atoms with Gasteiger partial charge in [0.1, 0.15) is 0 Å². The topological polar surface area (TPSA) is 84.5 Å². The van der Waals surface area contributed by atoms with Gasteiger partial charge in [-0.1, -0.05) is 0 Å². The lowest BCUT2D eigenvalue weighted by atomic mass is 10.4. The van der Waals surface area contributed by atoms with Gasteiger partial charge in [-0.3, -0.25) is 9.59 Å². The molecule has 0 aromatic carbocycles. The zero-order chi connectivity index (χ0) is 13.5. The summed E-state index contributed by atoms with van der Waals surface area (Å²) in [7, 11) is 3.12. The van der Waals surface area contributed by atoms with Crippen LogP contribution < -0.4 is 15.2 Å². The minimum absolute atomic E-state index is 0.129. The van der Waals surface area contributed by atoms with Crippen molar-refractivity contribution in [2.75, 3.05) is 32.2 Å². The number of ether oxygens (including phenoxy) is 2. The second-order valence-electron chi connectivity index (χ2n) is 3.57. The number of rotatable bonds is 6. The predicted molar refractivity (Wildman–Crippen MR) is 65.9 cm³/mol. The van der Waals surface area contributed by atoms with Crippen LogP contribution in [0.15, 0.2) is 11.1 Å². The molecule has 0 spiro atoms. The smallest absolute Gasteiger partial charge is 0.307 e. The van der Waals surface area contributed by atoms with E-state index >= 15 is 0 Å². The number of carbonyl (C=O) groups is 1. The van der Waals surface area contributed by atoms with E-state index in [1.165, 1.54) is 13.4 Å². The van der Waals surface area contributed by atoms with Crippen molar-refractivity contribution in [3.63, 3.8) is 0 Å². The second-order valence-corrected chi connectivity index (χ2v) is 3.57. The molecule has 1 aromatic heterocycles. The Hall–Kier alpha value is -2.05. The van der Waals surface area contributed by atoms with Crippen LogP contribution in [0.25, 0.3) is 0 Å². The molecule has 1 rings (SSSR count). The maximum atomic E-state index is 11.5. The Morgan fingerprint density at radius 1 is 1.56 bits per heavy atom. The summed E-state index contributed by atoms with van der Waals surface area (Å²) in [6.07, 6.45) is 1.52. The molecule has 7 nitrogen and oxygen atoms in total. The van der Waals surface area contributed by atoms with Gasteiger partial charge in [-0.05, 0) is 6.92 Å². The lowest BCUT2D eigenvalue weighted by Crippen LogP contribution is -2.25. The van der Waals surface area contributed by atoms with Crippen LogP contribution in [-0.4, -0.2) is 43.2 Å². The third-order valence-corrected chi connectivity index (χ3v) is 2.31. The van der Waals surface area contributed by atoms with Gasteiger partial charge in [0.15, 0.2) is 5.82 Å². The maximum absolute atomic E-state index is 11.5. The summed E-state index contributed by atoms with van der Waals surface area (Å²) in [5.74, 6) is 0.238. The Bertz CT molecular complexity index is 458. The summed E-state index contributed by atoms with van der Waals surface area (Å²) in [5, 5.41) is 0. The fourth-order valence-electron chi connectivity index (χ4n) is 1.43. The number of hydrogen-bond donors (Lipinski definition) is 1. The van der Waals surface area contributed by atoms with Crippen LogP contribution in [0.2, 0.25) is 0 Å². The number of aromatic amines is 1. The van der Waals surface area contributed by atoms with Crippen LogP contribution in [0, 0.1) is 0 Å². The Labute approximate surface area is 105 Å². The third kappa shape index (κ3) is 3.47. The third-order valence-electron chi connectivity index (χ3n) is 2.31. The molecule has 1 aromatic rings. The summed E-state index contributed by atoms with van der Waals surface area (Å²) in [4.78, 5) is 30.8. The van der Waals surface area contributed by atoms with E-state index in [1.54, 1.807) is 18.9 Å². The van der Waals surface area contributed by atoms with Gasteiger partial charge in [-0.15, -0.1) is 0 Å². The van der Waals surface area contributed by atoms with Gasteiger partial charge in [0, 0.05) is 13.6 Å². The number of nitrogens with zero attached hydrogens (tertiary/aromatic N) is 2. The van der Waals surface area contributed by atoms with E-state index in [9.17, 15) is 9.59 Å². The molecular formula is C11H17N3O4. The van der Waals surface area contributed by atoms with Crippen molar-refractivity contribution < 1.29 is 14.3 Å². The highest BCUT2D eigenvalue weighted by Gasteiger charge is 2.14. The molecule has 18 heavy (non-hydrogen) atoms. The standard InChI is InChI=1S/C11H17N3O4/c1-4-18-8(15)5-6-14(2)10-9(17-3)11(16)13-7-12-10/h7H,4-6H2,1-3H3,(H,12,13,16). The molecule has 0 amide bonds. The van der Waals surface area contributed by atoms with Crippen LogP contribution >= 0.6 is 0 Å². The summed E-state index contributed by atoms with van der Waals surface area (Å²) in [6, 6.07) is 0. The van der Waals surface area contributed by atoms with Gasteiger partial charge in [0.25, 0.3) is 5.56 Å². The van der Waals surface area contributed by atoms with Crippen LogP contribution in [0.5, 0.6) is 5.75 Å². The molecule has 0 fully saturated rings. The zero-order valence-electron chi connectivity index (χ0n) is 10.7. The molecule has 0 radical (unpaired) electrons. The molecule has 0 aliphatic heterocycles. The quantitative estimate of drug-likeness (QED) is 0.729. The van der Waals surface area contributed by atoms with Gasteiger partial charge in [0.2, 0.25) is 5.75 Å². The number of hydrogen-bond acceptors (Lipinski definition) is 6. The highest BCUT2D eigenvalue weighted by atomic mass is 16.5. The SMILES string of the molecule is CCOC(=O)CCN(C)c1nc[nH]c(=O)c1OC. The molecule has 0 unspecified atom stereocenters. The van der Waals surface area contributed by atoms with Crippen molar-refractivity contribution in [2.45, 2.75) is 13.3 Å². The van der Waals surface area contributed by atoms with Gasteiger partial charge < -0.3 is 19.4 Å². The maximum Gasteiger partial charge on any atom is 0.307 e. The van der Waals surface area contributed by atoms with Gasteiger partial charge in [-0.25, -0.2) is 4.98 Å². The number of methoxy groups -OCH3 is 1. The van der Waals surface area contributed by atoms with Gasteiger partial charge in [-0.2, -0.15) is 0 Å². The van der Waals surface area contributed by atoms with Crippen molar-refractivity contribution in [3.8, 4) is 5.75 Å². The number of carbonyl (C=O) groups excluding carboxylic acids is 1. The van der Waals surface area contributed by atoms with Crippen LogP contribution in [0.1, 0.15) is 13.3 Å². The fourth-order valence-corrected chi connectivity index (χ4v) is 1.43. The molecule has 1 N–H and O–H groups in total. The number of anilines is 1. The van der Waals surface area contributed by atoms with Crippen molar-refractivity contribution in [2.24, 2.45) is 0 Å². The van der Waals surface area contributed by atoms with E-state index in [4.69, 9.17) is 9.47 Å². The Balaban J connectivity index is 2.72. The van der Waals surface area contributed by atoms with Gasteiger partial charge >= 0.3 is 5.97 Å². The number of H-pyrrole nitrogens is 1. The Morgan fingerprint density at radius 3 is 2.89 bits per heavy atom. The fraction of sp³-hybridized carbons (Fsp3) is 0.545. The first-order valence-corrected chi connectivity index (χ1v) is 5.58. The largest absolute Gasteiger partial charge is 0.489 e. The minimum atomic E-state index is -0.356. The molecular weight excluding hydrogens is 238 g/mol. The average molecular weight is 255 g/mol. The second kappa shape index (κ2) is 6.63. The predicted octanol–water partition coefficient (Wildman–Crippen LogP) is 0.168. The number of esters is 1. The van der Waals surface area contributed by atoms with E-state index in [2.05, 4.69) is 9.97 Å². The normalized spacial score (nSPS) is 9.94. The van der Waals surface area contributed by atoms with E-state index in [1.807, 2.05) is 0 Å². The van der Waals surface area contributed by atoms with E-state index in [0.29, 0.717) is 19.0 Å². The number of nitrogens with one attached hydrogen (secondary N) is 1. The first kappa shape index (κ1) is 14.0. The summed E-state index contributed by atoms with van der Waals surface area (Å²) >= 11 is 0. The molecule has 0 atom stereocenters. The van der Waals surface area contributed by atoms with Crippen LogP contribution in [0.3, 0.4) is 0 Å². The average Bonchev–Trinajstić information content (AvgIpc) is 2.36. The highest BCUT2D eigenvalue weighted by molar-refractivity contribution is 5.70. The van der Waals surface area contributed by atoms with Crippen molar-refractivity contribution in [1.29, 1.82) is 0 Å². The molecule has 100 valence electrons. The van der Waals surface area contributed by atoms with Crippen molar-refractivity contribution in [1.82, 2.24) is 9.97 Å². The van der Waals surface area contributed by atoms with Crippen LogP contribution in [-0.2, 0) is 9.53 Å². The van der Waals surface area contributed by atoms with Crippen molar-refractivity contribution in [3.05, 3.63) is 16.7 Å². The lowest BCUT2D eigenvalue weighted by molar-refractivity contribution is -0.142. The minimum Gasteiger partial charge on any atom is -0.489 e. The lowest BCUT2D eigenvalue weighted by Gasteiger charge is -2.18. The molecule has 1 heterocycles. The molecule has 7 heteroatoms.